The third kappa shape index (κ3) is 7.19. The van der Waals surface area contributed by atoms with Crippen molar-refractivity contribution in [3.8, 4) is 17.2 Å². The quantitative estimate of drug-likeness (QED) is 0.320. The second-order valence-electron chi connectivity index (χ2n) is 5.77. The fourth-order valence-electron chi connectivity index (χ4n) is 2.32. The van der Waals surface area contributed by atoms with E-state index in [0.29, 0.717) is 33.1 Å². The molecule has 2 aromatic rings. The Morgan fingerprint density at radius 3 is 2.28 bits per heavy atom. The van der Waals surface area contributed by atoms with Crippen molar-refractivity contribution < 1.29 is 48.8 Å². The van der Waals surface area contributed by atoms with Crippen LogP contribution in [0.1, 0.15) is 25.6 Å². The Kier molecular flexibility index (Phi) is 11.1. The van der Waals surface area contributed by atoms with E-state index >= 15 is 0 Å². The van der Waals surface area contributed by atoms with Gasteiger partial charge in [-0.1, -0.05) is 17.7 Å². The molecule has 0 spiro atoms. The Balaban J connectivity index is 0.00000420. The minimum atomic E-state index is -0.497. The molecule has 0 saturated carbocycles. The second kappa shape index (κ2) is 12.4. The van der Waals surface area contributed by atoms with Gasteiger partial charge in [0.05, 0.1) is 17.7 Å². The molecule has 3 unspecified atom stereocenters. The van der Waals surface area contributed by atoms with Gasteiger partial charge in [0, 0.05) is 25.6 Å². The summed E-state index contributed by atoms with van der Waals surface area (Å²) in [6.45, 7) is 3.54. The van der Waals surface area contributed by atoms with Gasteiger partial charge in [-0.2, -0.15) is 0 Å². The van der Waals surface area contributed by atoms with E-state index in [1.165, 1.54) is 7.11 Å². The Bertz CT molecular complexity index is 826. The number of rotatable bonds is 10. The predicted octanol–water partition coefficient (Wildman–Crippen LogP) is 1.35. The summed E-state index contributed by atoms with van der Waals surface area (Å²) in [6, 6.07) is 10.4. The summed E-state index contributed by atoms with van der Waals surface area (Å²) in [4.78, 5) is 12.9. The topological polar surface area (TPSA) is 63.2 Å². The van der Waals surface area contributed by atoms with Gasteiger partial charge in [-0.15, -0.1) is 0 Å². The third-order valence-corrected chi connectivity index (χ3v) is 5.36. The zero-order chi connectivity index (χ0) is 20.7. The van der Waals surface area contributed by atoms with Gasteiger partial charge in [0.1, 0.15) is 17.2 Å². The Hall–Kier alpha value is -1.25. The Labute approximate surface area is 191 Å². The molecule has 0 aliphatic heterocycles. The van der Waals surface area contributed by atoms with E-state index in [9.17, 15) is 4.79 Å². The molecule has 0 saturated heterocycles. The number of methoxy groups -OCH3 is 3. The standard InChI is InChI=1S/C20H24ClO6P.Li.H/c1-12(23-3)26-14-9-10-18(17(11-14)27-13(2)24-4)28-20(22)19-15(21)7-6-8-16(19)25-5;;/h6-13,28H,1-5H3;;/q;+1;-1. The van der Waals surface area contributed by atoms with Crippen LogP contribution < -0.4 is 38.4 Å². The zero-order valence-electron chi connectivity index (χ0n) is 18.4. The first-order valence-electron chi connectivity index (χ1n) is 8.56. The smallest absolute Gasteiger partial charge is 1.00 e. The van der Waals surface area contributed by atoms with Crippen molar-refractivity contribution in [3.63, 3.8) is 0 Å². The minimum Gasteiger partial charge on any atom is -1.00 e. The summed E-state index contributed by atoms with van der Waals surface area (Å²) in [5.74, 6) is 1.49. The largest absolute Gasteiger partial charge is 1.00 e. The summed E-state index contributed by atoms with van der Waals surface area (Å²) < 4.78 is 27.1. The van der Waals surface area contributed by atoms with Crippen molar-refractivity contribution in [2.24, 2.45) is 0 Å². The molecule has 0 radical (unpaired) electrons. The molecule has 0 N–H and O–H groups in total. The van der Waals surface area contributed by atoms with Gasteiger partial charge in [0.2, 0.25) is 0 Å². The van der Waals surface area contributed by atoms with Crippen LogP contribution >= 0.6 is 20.2 Å². The van der Waals surface area contributed by atoms with Crippen LogP contribution in [0.15, 0.2) is 36.4 Å². The minimum absolute atomic E-state index is 0. The van der Waals surface area contributed by atoms with Gasteiger partial charge in [0.15, 0.2) is 18.1 Å². The van der Waals surface area contributed by atoms with E-state index in [-0.39, 0.29) is 34.4 Å². The van der Waals surface area contributed by atoms with Gasteiger partial charge in [-0.3, -0.25) is 4.79 Å². The fraction of sp³-hybridized carbons (Fsp3) is 0.350. The van der Waals surface area contributed by atoms with Gasteiger partial charge in [-0.25, -0.2) is 0 Å². The first kappa shape index (κ1) is 25.8. The van der Waals surface area contributed by atoms with E-state index in [1.807, 2.05) is 0 Å². The number of benzene rings is 2. The van der Waals surface area contributed by atoms with E-state index in [4.69, 9.17) is 35.3 Å². The number of carbonyl (C=O) groups excluding carboxylic acids is 1. The predicted molar refractivity (Wildman–Crippen MR) is 112 cm³/mol. The van der Waals surface area contributed by atoms with Crippen molar-refractivity contribution >= 4 is 31.0 Å². The molecule has 6 nitrogen and oxygen atoms in total. The summed E-state index contributed by atoms with van der Waals surface area (Å²) in [5.41, 5.74) is 0.195. The number of ether oxygens (including phenoxy) is 5. The molecule has 29 heavy (non-hydrogen) atoms. The van der Waals surface area contributed by atoms with Crippen molar-refractivity contribution in [1.82, 2.24) is 0 Å². The first-order valence-corrected chi connectivity index (χ1v) is 9.94. The van der Waals surface area contributed by atoms with Crippen LogP contribution in [0, 0.1) is 0 Å². The molecular weight excluding hydrogens is 410 g/mol. The molecule has 154 valence electrons. The molecule has 3 atom stereocenters. The average Bonchev–Trinajstić information content (AvgIpc) is 2.69. The van der Waals surface area contributed by atoms with Crippen LogP contribution in [0.25, 0.3) is 0 Å². The van der Waals surface area contributed by atoms with E-state index in [1.54, 1.807) is 64.5 Å². The van der Waals surface area contributed by atoms with Gasteiger partial charge < -0.3 is 25.1 Å². The SMILES string of the molecule is COc1cccc(Cl)c1C(=O)Pc1ccc(OC(C)OC)cc1OC(C)OC.[H-].[Li+]. The third-order valence-electron chi connectivity index (χ3n) is 3.88. The van der Waals surface area contributed by atoms with Gasteiger partial charge in [0.25, 0.3) is 0 Å². The molecule has 0 amide bonds. The summed E-state index contributed by atoms with van der Waals surface area (Å²) in [7, 11) is 4.37. The van der Waals surface area contributed by atoms with Crippen LogP contribution in [0.4, 0.5) is 0 Å². The maximum absolute atomic E-state index is 12.9. The molecule has 0 heterocycles. The Morgan fingerprint density at radius 2 is 1.66 bits per heavy atom. The number of hydrogen-bond donors (Lipinski definition) is 0. The molecule has 9 heteroatoms. The van der Waals surface area contributed by atoms with E-state index in [0.717, 1.165) is 0 Å². The Morgan fingerprint density at radius 1 is 1.00 bits per heavy atom. The number of halogens is 1. The maximum atomic E-state index is 12.9. The van der Waals surface area contributed by atoms with Crippen LogP contribution in [-0.4, -0.2) is 39.4 Å². The van der Waals surface area contributed by atoms with Gasteiger partial charge >= 0.3 is 18.9 Å². The van der Waals surface area contributed by atoms with Crippen molar-refractivity contribution in [2.45, 2.75) is 26.4 Å². The van der Waals surface area contributed by atoms with E-state index in [2.05, 4.69) is 0 Å². The summed E-state index contributed by atoms with van der Waals surface area (Å²) in [6.07, 6.45) is -0.918. The molecule has 2 rings (SSSR count). The molecule has 0 aliphatic carbocycles. The molecule has 2 aromatic carbocycles. The first-order chi connectivity index (χ1) is 13.4. The molecular formula is C20H25ClLiO6P. The van der Waals surface area contributed by atoms with E-state index < -0.39 is 12.6 Å². The monoisotopic (exact) mass is 434 g/mol. The zero-order valence-corrected chi connectivity index (χ0v) is 19.2. The molecule has 0 aliphatic rings. The molecule has 0 fully saturated rings. The van der Waals surface area contributed by atoms with Crippen molar-refractivity contribution in [2.75, 3.05) is 21.3 Å². The normalized spacial score (nSPS) is 12.9. The van der Waals surface area contributed by atoms with Crippen LogP contribution in [0.2, 0.25) is 5.02 Å². The van der Waals surface area contributed by atoms with Crippen LogP contribution in [0.5, 0.6) is 17.2 Å². The average molecular weight is 435 g/mol. The molecule has 0 aromatic heterocycles. The second-order valence-corrected chi connectivity index (χ2v) is 7.42. The maximum Gasteiger partial charge on any atom is 1.00 e. The molecule has 0 bridgehead atoms. The summed E-state index contributed by atoms with van der Waals surface area (Å²) in [5, 5.41) is 1.05. The van der Waals surface area contributed by atoms with Crippen molar-refractivity contribution in [1.29, 1.82) is 0 Å². The number of carbonyl (C=O) groups is 1. The fourth-order valence-corrected chi connectivity index (χ4v) is 3.70. The van der Waals surface area contributed by atoms with Crippen LogP contribution in [0.3, 0.4) is 0 Å². The summed E-state index contributed by atoms with van der Waals surface area (Å²) >= 11 is 6.23. The number of hydrogen-bond acceptors (Lipinski definition) is 6. The van der Waals surface area contributed by atoms with Gasteiger partial charge in [-0.05, 0) is 46.7 Å². The van der Waals surface area contributed by atoms with Crippen LogP contribution in [-0.2, 0) is 9.47 Å². The van der Waals surface area contributed by atoms with Crippen molar-refractivity contribution in [3.05, 3.63) is 47.0 Å².